The Balaban J connectivity index is 0.000000383. The van der Waals surface area contributed by atoms with Crippen LogP contribution in [0.5, 0.6) is 0 Å². The van der Waals surface area contributed by atoms with Crippen LogP contribution >= 0.6 is 0 Å². The number of rotatable bonds is 2. The molecule has 1 aromatic heterocycles. The normalized spacial score (nSPS) is 17.1. The molecule has 1 spiro atoms. The first-order valence-corrected chi connectivity index (χ1v) is 10.5. The first-order valence-electron chi connectivity index (χ1n) is 10.5. The second kappa shape index (κ2) is 9.77. The van der Waals surface area contributed by atoms with Crippen LogP contribution < -0.4 is 10.6 Å². The van der Waals surface area contributed by atoms with Crippen molar-refractivity contribution in [1.29, 1.82) is 0 Å². The fraction of sp³-hybridized carbons (Fsp3) is 0.476. The molecule has 2 aliphatic heterocycles. The number of likely N-dealkylation sites (tertiary alicyclic amines) is 1. The van der Waals surface area contributed by atoms with E-state index in [0.29, 0.717) is 19.6 Å². The van der Waals surface area contributed by atoms with Gasteiger partial charge in [-0.05, 0) is 49.6 Å². The van der Waals surface area contributed by atoms with Gasteiger partial charge in [0.05, 0.1) is 17.4 Å². The Kier molecular flexibility index (Phi) is 7.25. The number of urea groups is 1. The number of piperidine rings is 1. The minimum Gasteiger partial charge on any atom is -0.475 e. The van der Waals surface area contributed by atoms with Gasteiger partial charge < -0.3 is 25.2 Å². The number of amides is 2. The van der Waals surface area contributed by atoms with Gasteiger partial charge in [0.2, 0.25) is 0 Å². The molecule has 0 aliphatic carbocycles. The van der Waals surface area contributed by atoms with Crippen LogP contribution in [0.1, 0.15) is 25.6 Å². The van der Waals surface area contributed by atoms with E-state index in [4.69, 9.17) is 14.9 Å². The van der Waals surface area contributed by atoms with E-state index in [0.717, 1.165) is 43.0 Å². The maximum atomic E-state index is 13.2. The molecule has 0 bridgehead atoms. The van der Waals surface area contributed by atoms with Crippen molar-refractivity contribution in [3.63, 3.8) is 0 Å². The summed E-state index contributed by atoms with van der Waals surface area (Å²) in [6.45, 7) is 5.68. The van der Waals surface area contributed by atoms with Gasteiger partial charge in [0.25, 0.3) is 0 Å². The summed E-state index contributed by atoms with van der Waals surface area (Å²) < 4.78 is 47.2. The van der Waals surface area contributed by atoms with Crippen molar-refractivity contribution in [3.05, 3.63) is 42.1 Å². The maximum Gasteiger partial charge on any atom is 0.490 e. The molecule has 3 heterocycles. The summed E-state index contributed by atoms with van der Waals surface area (Å²) >= 11 is 0. The molecule has 1 saturated heterocycles. The lowest BCUT2D eigenvalue weighted by Crippen LogP contribution is -2.57. The fourth-order valence-corrected chi connectivity index (χ4v) is 4.08. The van der Waals surface area contributed by atoms with Crippen LogP contribution in [0, 0.1) is 5.82 Å². The number of hydrogen-bond acceptors (Lipinski definition) is 4. The van der Waals surface area contributed by atoms with Gasteiger partial charge in [0.15, 0.2) is 0 Å². The standard InChI is InChI=1S/C19H24FN5O.C2HF3O2/c1-2-21-18(26)24-10-7-19(8-11-24)17-22-13-16(25(17)12-9-23-19)14-3-5-15(20)6-4-14;3-2(4,5)1(6)7/h3-6,13,23H,2,7-12H2,1H3,(H,21,26);(H,6,7). The van der Waals surface area contributed by atoms with Crippen LogP contribution in [0.25, 0.3) is 11.3 Å². The van der Waals surface area contributed by atoms with E-state index in [1.165, 1.54) is 12.1 Å². The SMILES string of the molecule is CCNC(=O)N1CCC2(CC1)NCCn1c(-c3ccc(F)cc3)cnc12.O=C(O)C(F)(F)F. The molecule has 3 N–H and O–H groups in total. The van der Waals surface area contributed by atoms with E-state index in [-0.39, 0.29) is 17.4 Å². The Morgan fingerprint density at radius 2 is 1.79 bits per heavy atom. The number of carbonyl (C=O) groups is 2. The van der Waals surface area contributed by atoms with Gasteiger partial charge >= 0.3 is 18.2 Å². The maximum absolute atomic E-state index is 13.2. The highest BCUT2D eigenvalue weighted by Crippen LogP contribution is 2.36. The zero-order valence-electron chi connectivity index (χ0n) is 18.0. The van der Waals surface area contributed by atoms with Crippen molar-refractivity contribution in [1.82, 2.24) is 25.1 Å². The Morgan fingerprint density at radius 3 is 2.33 bits per heavy atom. The number of alkyl halides is 3. The molecule has 0 atom stereocenters. The molecular formula is C21H25F4N5O3. The van der Waals surface area contributed by atoms with Gasteiger partial charge in [-0.15, -0.1) is 0 Å². The minimum absolute atomic E-state index is 0.00787. The predicted molar refractivity (Wildman–Crippen MR) is 111 cm³/mol. The Bertz CT molecular complexity index is 983. The number of nitrogens with zero attached hydrogens (tertiary/aromatic N) is 3. The molecule has 2 aliphatic rings. The molecule has 12 heteroatoms. The second-order valence-electron chi connectivity index (χ2n) is 7.76. The number of hydrogen-bond donors (Lipinski definition) is 3. The van der Waals surface area contributed by atoms with Crippen LogP contribution in [0.4, 0.5) is 22.4 Å². The lowest BCUT2D eigenvalue weighted by atomic mass is 9.85. The van der Waals surface area contributed by atoms with Gasteiger partial charge in [0, 0.05) is 32.7 Å². The van der Waals surface area contributed by atoms with Gasteiger partial charge in [-0.3, -0.25) is 0 Å². The Hall–Kier alpha value is -3.15. The molecule has 33 heavy (non-hydrogen) atoms. The smallest absolute Gasteiger partial charge is 0.475 e. The summed E-state index contributed by atoms with van der Waals surface area (Å²) in [6, 6.07) is 6.57. The van der Waals surface area contributed by atoms with Crippen molar-refractivity contribution in [2.75, 3.05) is 26.2 Å². The molecule has 0 radical (unpaired) electrons. The number of fused-ring (bicyclic) bond motifs is 2. The number of nitrogens with one attached hydrogen (secondary N) is 2. The third-order valence-electron chi connectivity index (χ3n) is 5.70. The van der Waals surface area contributed by atoms with Gasteiger partial charge in [-0.2, -0.15) is 13.2 Å². The van der Waals surface area contributed by atoms with Crippen molar-refractivity contribution >= 4 is 12.0 Å². The number of carbonyl (C=O) groups excluding carboxylic acids is 1. The first kappa shape index (κ1) is 24.5. The number of halogens is 4. The summed E-state index contributed by atoms with van der Waals surface area (Å²) in [5.74, 6) is -1.96. The highest BCUT2D eigenvalue weighted by atomic mass is 19.4. The molecule has 0 unspecified atom stereocenters. The number of aliphatic carboxylic acids is 1. The van der Waals surface area contributed by atoms with Crippen molar-refractivity contribution < 1.29 is 32.3 Å². The Labute approximate surface area is 187 Å². The predicted octanol–water partition coefficient (Wildman–Crippen LogP) is 2.95. The average Bonchev–Trinajstić information content (AvgIpc) is 3.21. The van der Waals surface area contributed by atoms with E-state index in [2.05, 4.69) is 15.2 Å². The van der Waals surface area contributed by atoms with Crippen LogP contribution in [-0.4, -0.2) is 63.9 Å². The molecule has 4 rings (SSSR count). The monoisotopic (exact) mass is 471 g/mol. The molecule has 180 valence electrons. The second-order valence-corrected chi connectivity index (χ2v) is 7.76. The van der Waals surface area contributed by atoms with Gasteiger partial charge in [-0.25, -0.2) is 19.0 Å². The van der Waals surface area contributed by atoms with Crippen LogP contribution in [0.2, 0.25) is 0 Å². The number of imidazole rings is 1. The van der Waals surface area contributed by atoms with Crippen LogP contribution in [0.3, 0.4) is 0 Å². The molecule has 1 aromatic carbocycles. The summed E-state index contributed by atoms with van der Waals surface area (Å²) in [5, 5.41) is 13.7. The topological polar surface area (TPSA) is 99.5 Å². The molecule has 0 saturated carbocycles. The van der Waals surface area contributed by atoms with E-state index >= 15 is 0 Å². The molecule has 1 fully saturated rings. The minimum atomic E-state index is -5.08. The number of carboxylic acids is 1. The fourth-order valence-electron chi connectivity index (χ4n) is 4.08. The van der Waals surface area contributed by atoms with Gasteiger partial charge in [0.1, 0.15) is 11.6 Å². The van der Waals surface area contributed by atoms with E-state index in [9.17, 15) is 22.4 Å². The molecule has 8 nitrogen and oxygen atoms in total. The third-order valence-corrected chi connectivity index (χ3v) is 5.70. The van der Waals surface area contributed by atoms with Crippen molar-refractivity contribution in [3.8, 4) is 11.3 Å². The number of aromatic nitrogens is 2. The summed E-state index contributed by atoms with van der Waals surface area (Å²) in [7, 11) is 0. The quantitative estimate of drug-likeness (QED) is 0.585. The highest BCUT2D eigenvalue weighted by Gasteiger charge is 2.42. The lowest BCUT2D eigenvalue weighted by molar-refractivity contribution is -0.192. The largest absolute Gasteiger partial charge is 0.490 e. The highest BCUT2D eigenvalue weighted by molar-refractivity contribution is 5.74. The molecule has 2 aromatic rings. The van der Waals surface area contributed by atoms with Crippen molar-refractivity contribution in [2.24, 2.45) is 0 Å². The number of carboxylic acid groups (broad SMARTS) is 1. The number of benzene rings is 1. The summed E-state index contributed by atoms with van der Waals surface area (Å²) in [5.41, 5.74) is 1.80. The Morgan fingerprint density at radius 1 is 1.18 bits per heavy atom. The molecule has 2 amide bonds. The van der Waals surface area contributed by atoms with Crippen LogP contribution in [-0.2, 0) is 16.9 Å². The summed E-state index contributed by atoms with van der Waals surface area (Å²) in [4.78, 5) is 27.6. The summed E-state index contributed by atoms with van der Waals surface area (Å²) in [6.07, 6.45) is -1.53. The first-order chi connectivity index (χ1) is 15.6. The van der Waals surface area contributed by atoms with E-state index in [1.807, 2.05) is 18.0 Å². The van der Waals surface area contributed by atoms with Crippen LogP contribution in [0.15, 0.2) is 30.5 Å². The zero-order chi connectivity index (χ0) is 24.2. The van der Waals surface area contributed by atoms with E-state index in [1.54, 1.807) is 12.1 Å². The van der Waals surface area contributed by atoms with Gasteiger partial charge in [-0.1, -0.05) is 0 Å². The average molecular weight is 471 g/mol. The third kappa shape index (κ3) is 5.44. The van der Waals surface area contributed by atoms with E-state index < -0.39 is 12.1 Å². The molecular weight excluding hydrogens is 446 g/mol. The lowest BCUT2D eigenvalue weighted by Gasteiger charge is -2.44. The zero-order valence-corrected chi connectivity index (χ0v) is 18.0. The van der Waals surface area contributed by atoms with Crippen molar-refractivity contribution in [2.45, 2.75) is 38.0 Å².